The van der Waals surface area contributed by atoms with Gasteiger partial charge in [-0.1, -0.05) is 91.5 Å². The molecule has 263 valence electrons. The van der Waals surface area contributed by atoms with Gasteiger partial charge in [0.25, 0.3) is 0 Å². The van der Waals surface area contributed by atoms with Gasteiger partial charge in [-0.05, 0) is 61.6 Å². The molecule has 0 aliphatic carbocycles. The van der Waals surface area contributed by atoms with Crippen molar-refractivity contribution in [2.24, 2.45) is 17.8 Å². The number of pyridine rings is 1. The summed E-state index contributed by atoms with van der Waals surface area (Å²) in [6.07, 6.45) is 9.56. The maximum absolute atomic E-state index is 11.7. The van der Waals surface area contributed by atoms with E-state index < -0.39 is 0 Å². The summed E-state index contributed by atoms with van der Waals surface area (Å²) in [4.78, 5) is 27.0. The first-order chi connectivity index (χ1) is 22.9. The van der Waals surface area contributed by atoms with Crippen LogP contribution in [-0.4, -0.2) is 25.8 Å². The number of ketones is 1. The number of benzene rings is 2. The summed E-state index contributed by atoms with van der Waals surface area (Å²) in [5.41, 5.74) is 6.14. The van der Waals surface area contributed by atoms with E-state index in [1.807, 2.05) is 45.2 Å². The van der Waals surface area contributed by atoms with Crippen molar-refractivity contribution in [2.45, 2.75) is 99.8 Å². The minimum atomic E-state index is 0. The van der Waals surface area contributed by atoms with Crippen LogP contribution in [0, 0.1) is 23.8 Å². The maximum atomic E-state index is 11.7. The van der Waals surface area contributed by atoms with Crippen molar-refractivity contribution >= 4 is 38.1 Å². The molecule has 0 bridgehead atoms. The Bertz CT molecular complexity index is 1860. The van der Waals surface area contributed by atoms with E-state index in [0.717, 1.165) is 65.5 Å². The van der Waals surface area contributed by atoms with Crippen molar-refractivity contribution in [1.29, 1.82) is 0 Å². The van der Waals surface area contributed by atoms with E-state index in [0.29, 0.717) is 5.92 Å². The van der Waals surface area contributed by atoms with Gasteiger partial charge in [0, 0.05) is 60.3 Å². The smallest absolute Gasteiger partial charge is 0.162 e. The topological polar surface area (TPSA) is 76.0 Å². The Hall–Kier alpha value is -3.25. The van der Waals surface area contributed by atoms with Crippen LogP contribution >= 0.6 is 11.3 Å². The largest absolute Gasteiger partial charge is 0.512 e. The van der Waals surface area contributed by atoms with Gasteiger partial charge in [-0.25, -0.2) is 4.98 Å². The Morgan fingerprint density at radius 3 is 2.18 bits per heavy atom. The molecule has 0 unspecified atom stereocenters. The summed E-state index contributed by atoms with van der Waals surface area (Å²) >= 11 is 1.83. The van der Waals surface area contributed by atoms with Gasteiger partial charge >= 0.3 is 0 Å². The van der Waals surface area contributed by atoms with Gasteiger partial charge < -0.3 is 5.11 Å². The maximum Gasteiger partial charge on any atom is 0.162 e. The van der Waals surface area contributed by atoms with Crippen LogP contribution in [0.15, 0.2) is 72.9 Å². The third kappa shape index (κ3) is 10.4. The summed E-state index contributed by atoms with van der Waals surface area (Å²) in [6.45, 7) is 19.3. The summed E-state index contributed by atoms with van der Waals surface area (Å²) in [5, 5.41) is 12.1. The number of nitrogens with zero attached hydrogens (tertiary/aromatic N) is 3. The third-order valence-corrected chi connectivity index (χ3v) is 10.0. The van der Waals surface area contributed by atoms with Crippen LogP contribution in [0.2, 0.25) is 0 Å². The van der Waals surface area contributed by atoms with Crippen molar-refractivity contribution in [3.05, 3.63) is 89.4 Å². The molecule has 0 saturated heterocycles. The standard InChI is InChI=1S/C29H28N3S.C13H24O2.Ir/c1-18(2)10-22-14-27-28(33-22)13-21(16-30-27)26-15-25(31-17-32-26)20-11-19-8-6-7-9-23(19)24(12-20)29(3,4)5;1-5-10(6-2)12(14)9-13(15)11(7-3)8-4;/h6-9,12-18H,10H2,1-5H3;9-11,14H,5-8H2,1-4H3;/q-1;;/b;12-9-;. The number of hydrogen-bond acceptors (Lipinski definition) is 6. The van der Waals surface area contributed by atoms with Gasteiger partial charge in [0.05, 0.1) is 21.7 Å². The second-order valence-corrected chi connectivity index (χ2v) is 15.3. The Morgan fingerprint density at radius 2 is 1.55 bits per heavy atom. The monoisotopic (exact) mass is 855 g/mol. The zero-order chi connectivity index (χ0) is 35.0. The first-order valence-electron chi connectivity index (χ1n) is 17.5. The number of fused-ring (bicyclic) bond motifs is 2. The summed E-state index contributed by atoms with van der Waals surface area (Å²) in [5.74, 6) is 1.18. The van der Waals surface area contributed by atoms with Gasteiger partial charge in [0.1, 0.15) is 6.33 Å². The number of rotatable bonds is 11. The van der Waals surface area contributed by atoms with E-state index in [1.54, 1.807) is 6.33 Å². The normalized spacial score (nSPS) is 12.0. The van der Waals surface area contributed by atoms with Crippen LogP contribution in [0.25, 0.3) is 43.5 Å². The molecule has 0 fully saturated rings. The molecule has 7 heteroatoms. The number of aliphatic hydroxyl groups excluding tert-OH is 1. The van der Waals surface area contributed by atoms with E-state index in [1.165, 1.54) is 26.6 Å². The van der Waals surface area contributed by atoms with Crippen molar-refractivity contribution in [2.75, 3.05) is 0 Å². The second-order valence-electron chi connectivity index (χ2n) is 14.1. The quantitative estimate of drug-likeness (QED) is 0.0814. The molecule has 0 amide bonds. The van der Waals surface area contributed by atoms with Crippen LogP contribution in [0.3, 0.4) is 0 Å². The number of thiophene rings is 1. The van der Waals surface area contributed by atoms with Crippen molar-refractivity contribution in [3.8, 4) is 22.5 Å². The molecular weight excluding hydrogens is 803 g/mol. The fraction of sp³-hybridized carbons (Fsp3) is 0.429. The summed E-state index contributed by atoms with van der Waals surface area (Å²) in [7, 11) is 0. The zero-order valence-electron chi connectivity index (χ0n) is 30.6. The Labute approximate surface area is 311 Å². The molecular formula is C42H52IrN3O2S-. The predicted molar refractivity (Wildman–Crippen MR) is 204 cm³/mol. The fourth-order valence-electron chi connectivity index (χ4n) is 6.04. The molecule has 5 rings (SSSR count). The van der Waals surface area contributed by atoms with E-state index in [9.17, 15) is 9.90 Å². The number of carbonyl (C=O) groups excluding carboxylic acids is 1. The van der Waals surface area contributed by atoms with Crippen LogP contribution in [0.1, 0.15) is 98.4 Å². The van der Waals surface area contributed by atoms with Crippen molar-refractivity contribution < 1.29 is 30.0 Å². The van der Waals surface area contributed by atoms with Crippen LogP contribution in [0.4, 0.5) is 0 Å². The molecule has 3 aromatic heterocycles. The molecule has 0 spiro atoms. The van der Waals surface area contributed by atoms with Gasteiger partial charge in [0.2, 0.25) is 0 Å². The number of carbonyl (C=O) groups is 1. The molecule has 2 aromatic carbocycles. The van der Waals surface area contributed by atoms with E-state index >= 15 is 0 Å². The fourth-order valence-corrected chi connectivity index (χ4v) is 7.31. The third-order valence-electron chi connectivity index (χ3n) is 8.93. The molecule has 1 N–H and O–H groups in total. The average molecular weight is 855 g/mol. The molecule has 1 radical (unpaired) electrons. The van der Waals surface area contributed by atoms with Gasteiger partial charge in [-0.3, -0.25) is 14.8 Å². The molecule has 0 saturated carbocycles. The number of allylic oxidation sites excluding steroid dienone is 2. The molecule has 5 nitrogen and oxygen atoms in total. The number of aromatic nitrogens is 3. The Kier molecular flexibility index (Phi) is 14.9. The summed E-state index contributed by atoms with van der Waals surface area (Å²) in [6, 6.07) is 20.7. The molecule has 0 aliphatic heterocycles. The van der Waals surface area contributed by atoms with Crippen molar-refractivity contribution in [1.82, 2.24) is 15.0 Å². The predicted octanol–water partition coefficient (Wildman–Crippen LogP) is 11.7. The summed E-state index contributed by atoms with van der Waals surface area (Å²) < 4.78 is 1.20. The minimum Gasteiger partial charge on any atom is -0.512 e. The average Bonchev–Trinajstić information content (AvgIpc) is 3.46. The van der Waals surface area contributed by atoms with E-state index in [-0.39, 0.29) is 48.9 Å². The Balaban J connectivity index is 0.000000347. The van der Waals surface area contributed by atoms with E-state index in [4.69, 9.17) is 4.98 Å². The van der Waals surface area contributed by atoms with E-state index in [2.05, 4.69) is 99.2 Å². The first-order valence-corrected chi connectivity index (χ1v) is 18.3. The molecule has 0 atom stereocenters. The molecule has 5 aromatic rings. The molecule has 3 heterocycles. The van der Waals surface area contributed by atoms with Crippen LogP contribution in [0.5, 0.6) is 0 Å². The second kappa shape index (κ2) is 18.1. The zero-order valence-corrected chi connectivity index (χ0v) is 33.8. The van der Waals surface area contributed by atoms with Gasteiger partial charge in [0.15, 0.2) is 5.78 Å². The number of aliphatic hydroxyl groups is 1. The van der Waals surface area contributed by atoms with Crippen LogP contribution < -0.4 is 0 Å². The molecule has 0 aliphatic rings. The number of hydrogen-bond donors (Lipinski definition) is 1. The SMILES string of the molecule is CC(C)Cc1cc2ncc(-c3cc(-c4[c-]c5ccccc5c(C(C)(C)C)c4)ncn3)cc2s1.CCC(CC)C(=O)/C=C(\O)C(CC)CC.[Ir]. The Morgan fingerprint density at radius 1 is 0.898 bits per heavy atom. The first kappa shape index (κ1) is 40.2. The van der Waals surface area contributed by atoms with Gasteiger partial charge in [-0.2, -0.15) is 0 Å². The van der Waals surface area contributed by atoms with Crippen molar-refractivity contribution in [3.63, 3.8) is 0 Å². The van der Waals surface area contributed by atoms with Crippen LogP contribution in [-0.2, 0) is 36.7 Å². The van der Waals surface area contributed by atoms with Gasteiger partial charge in [-0.15, -0.1) is 40.5 Å². The minimum absolute atomic E-state index is 0. The molecule has 49 heavy (non-hydrogen) atoms.